The average molecular weight is 396 g/mol. The van der Waals surface area contributed by atoms with Crippen LogP contribution in [0.4, 0.5) is 11.4 Å². The molecule has 3 aromatic carbocycles. The van der Waals surface area contributed by atoms with Crippen molar-refractivity contribution >= 4 is 17.2 Å². The first-order valence-electron chi connectivity index (χ1n) is 10.3. The number of hydrogen-bond donors (Lipinski definition) is 2. The monoisotopic (exact) mass is 396 g/mol. The van der Waals surface area contributed by atoms with Crippen molar-refractivity contribution in [2.24, 2.45) is 0 Å². The van der Waals surface area contributed by atoms with Crippen LogP contribution in [0.5, 0.6) is 5.75 Å². The number of hydrogen-bond acceptors (Lipinski definition) is 4. The molecule has 4 nitrogen and oxygen atoms in total. The van der Waals surface area contributed by atoms with E-state index in [1.54, 1.807) is 7.11 Å². The summed E-state index contributed by atoms with van der Waals surface area (Å²) in [7, 11) is 1.66. The molecule has 1 aliphatic carbocycles. The number of ether oxygens (including phenoxy) is 1. The Labute approximate surface area is 176 Å². The van der Waals surface area contributed by atoms with Gasteiger partial charge >= 0.3 is 0 Å². The standard InChI is InChI=1S/C26H24N2O2/c1-30-20-13-11-18(12-14-20)26-25-23(27-21-9-5-6-10-22(21)28-26)15-19(16-24(25)29)17-7-3-2-4-8-17/h2-14,19,26-28H,15-16H2,1H3/t19-,26-/m1/s1. The lowest BCUT2D eigenvalue weighted by Crippen LogP contribution is -2.26. The summed E-state index contributed by atoms with van der Waals surface area (Å²) in [5, 5.41) is 7.20. The summed E-state index contributed by atoms with van der Waals surface area (Å²) in [5.74, 6) is 1.18. The van der Waals surface area contributed by atoms with Crippen LogP contribution in [0.25, 0.3) is 0 Å². The minimum absolute atomic E-state index is 0.187. The van der Waals surface area contributed by atoms with Crippen molar-refractivity contribution in [2.75, 3.05) is 17.7 Å². The van der Waals surface area contributed by atoms with E-state index in [0.29, 0.717) is 6.42 Å². The van der Waals surface area contributed by atoms with Crippen molar-refractivity contribution in [3.63, 3.8) is 0 Å². The Bertz CT molecular complexity index is 1100. The van der Waals surface area contributed by atoms with E-state index in [-0.39, 0.29) is 17.7 Å². The minimum Gasteiger partial charge on any atom is -0.497 e. The highest BCUT2D eigenvalue weighted by Crippen LogP contribution is 2.44. The number of fused-ring (bicyclic) bond motifs is 1. The van der Waals surface area contributed by atoms with E-state index in [1.165, 1.54) is 5.56 Å². The Hall–Kier alpha value is -3.53. The predicted octanol–water partition coefficient (Wildman–Crippen LogP) is 5.67. The van der Waals surface area contributed by atoms with Gasteiger partial charge in [-0.05, 0) is 47.7 Å². The Kier molecular flexibility index (Phi) is 4.75. The maximum atomic E-state index is 13.5. The van der Waals surface area contributed by atoms with Crippen molar-refractivity contribution in [2.45, 2.75) is 24.8 Å². The Morgan fingerprint density at radius 1 is 0.800 bits per heavy atom. The first kappa shape index (κ1) is 18.5. The van der Waals surface area contributed by atoms with E-state index in [1.807, 2.05) is 54.6 Å². The fraction of sp³-hybridized carbons (Fsp3) is 0.192. The molecular formula is C26H24N2O2. The fourth-order valence-electron chi connectivity index (χ4n) is 4.50. The third kappa shape index (κ3) is 3.35. The summed E-state index contributed by atoms with van der Waals surface area (Å²) in [4.78, 5) is 13.5. The number of carbonyl (C=O) groups excluding carboxylic acids is 1. The van der Waals surface area contributed by atoms with E-state index in [0.717, 1.165) is 40.4 Å². The molecule has 0 spiro atoms. The summed E-state index contributed by atoms with van der Waals surface area (Å²) in [6, 6.07) is 26.2. The van der Waals surface area contributed by atoms with Crippen LogP contribution in [-0.2, 0) is 4.79 Å². The van der Waals surface area contributed by atoms with Crippen molar-refractivity contribution in [1.29, 1.82) is 0 Å². The molecule has 1 aliphatic heterocycles. The summed E-state index contributed by atoms with van der Waals surface area (Å²) < 4.78 is 5.32. The number of nitrogens with one attached hydrogen (secondary N) is 2. The van der Waals surface area contributed by atoms with E-state index in [4.69, 9.17) is 4.74 Å². The summed E-state index contributed by atoms with van der Waals surface area (Å²) in [6.07, 6.45) is 1.34. The number of para-hydroxylation sites is 2. The van der Waals surface area contributed by atoms with Gasteiger partial charge in [0.15, 0.2) is 5.78 Å². The van der Waals surface area contributed by atoms with Crippen molar-refractivity contribution < 1.29 is 9.53 Å². The Morgan fingerprint density at radius 2 is 1.50 bits per heavy atom. The second-order valence-corrected chi connectivity index (χ2v) is 7.85. The summed E-state index contributed by atoms with van der Waals surface area (Å²) >= 11 is 0. The molecule has 2 aliphatic rings. The van der Waals surface area contributed by atoms with Gasteiger partial charge in [-0.1, -0.05) is 54.6 Å². The van der Waals surface area contributed by atoms with Crippen molar-refractivity contribution in [3.05, 3.63) is 101 Å². The Balaban J connectivity index is 1.60. The molecule has 0 saturated heterocycles. The molecule has 2 N–H and O–H groups in total. The van der Waals surface area contributed by atoms with Crippen LogP contribution in [0.15, 0.2) is 90.1 Å². The third-order valence-electron chi connectivity index (χ3n) is 6.03. The van der Waals surface area contributed by atoms with Crippen molar-refractivity contribution in [3.8, 4) is 5.75 Å². The van der Waals surface area contributed by atoms with Gasteiger partial charge < -0.3 is 15.4 Å². The van der Waals surface area contributed by atoms with Gasteiger partial charge in [-0.15, -0.1) is 0 Å². The van der Waals surface area contributed by atoms with Crippen LogP contribution >= 0.6 is 0 Å². The zero-order chi connectivity index (χ0) is 20.5. The largest absolute Gasteiger partial charge is 0.497 e. The topological polar surface area (TPSA) is 50.4 Å². The number of ketones is 1. The van der Waals surface area contributed by atoms with Crippen LogP contribution in [0.2, 0.25) is 0 Å². The lowest BCUT2D eigenvalue weighted by molar-refractivity contribution is -0.116. The van der Waals surface area contributed by atoms with Crippen LogP contribution in [0, 0.1) is 0 Å². The summed E-state index contributed by atoms with van der Waals surface area (Å²) in [5.41, 5.74) is 6.11. The molecule has 0 amide bonds. The van der Waals surface area contributed by atoms with Gasteiger partial charge in [-0.25, -0.2) is 0 Å². The van der Waals surface area contributed by atoms with Crippen LogP contribution in [0.3, 0.4) is 0 Å². The molecule has 5 rings (SSSR count). The molecule has 0 aromatic heterocycles. The maximum absolute atomic E-state index is 13.5. The molecular weight excluding hydrogens is 372 g/mol. The quantitative estimate of drug-likeness (QED) is 0.598. The molecule has 1 heterocycles. The molecule has 0 saturated carbocycles. The molecule has 3 aromatic rings. The summed E-state index contributed by atoms with van der Waals surface area (Å²) in [6.45, 7) is 0. The zero-order valence-corrected chi connectivity index (χ0v) is 16.9. The van der Waals surface area contributed by atoms with E-state index in [2.05, 4.69) is 34.9 Å². The molecule has 150 valence electrons. The molecule has 4 heteroatoms. The molecule has 30 heavy (non-hydrogen) atoms. The van der Waals surface area contributed by atoms with E-state index >= 15 is 0 Å². The van der Waals surface area contributed by atoms with Crippen LogP contribution < -0.4 is 15.4 Å². The lowest BCUT2D eigenvalue weighted by Gasteiger charge is -2.30. The fourth-order valence-corrected chi connectivity index (χ4v) is 4.50. The number of Topliss-reactive ketones (excluding diaryl/α,β-unsaturated/α-hetero) is 1. The van der Waals surface area contributed by atoms with Crippen LogP contribution in [-0.4, -0.2) is 12.9 Å². The normalized spacial score (nSPS) is 20.4. The van der Waals surface area contributed by atoms with E-state index in [9.17, 15) is 4.79 Å². The number of methoxy groups -OCH3 is 1. The smallest absolute Gasteiger partial charge is 0.163 e. The van der Waals surface area contributed by atoms with Gasteiger partial charge in [0, 0.05) is 17.7 Å². The number of benzene rings is 3. The highest BCUT2D eigenvalue weighted by Gasteiger charge is 2.35. The number of allylic oxidation sites excluding steroid dienone is 1. The Morgan fingerprint density at radius 3 is 2.23 bits per heavy atom. The molecule has 0 fully saturated rings. The lowest BCUT2D eigenvalue weighted by atomic mass is 9.78. The number of carbonyl (C=O) groups is 1. The number of anilines is 2. The highest BCUT2D eigenvalue weighted by molar-refractivity contribution is 6.01. The molecule has 0 radical (unpaired) electrons. The van der Waals surface area contributed by atoms with Gasteiger partial charge in [-0.2, -0.15) is 0 Å². The maximum Gasteiger partial charge on any atom is 0.163 e. The second kappa shape index (κ2) is 7.71. The molecule has 2 atom stereocenters. The molecule has 0 bridgehead atoms. The van der Waals surface area contributed by atoms with Gasteiger partial charge in [0.2, 0.25) is 0 Å². The highest BCUT2D eigenvalue weighted by atomic mass is 16.5. The minimum atomic E-state index is -0.203. The third-order valence-corrected chi connectivity index (χ3v) is 6.03. The van der Waals surface area contributed by atoms with Gasteiger partial charge in [-0.3, -0.25) is 4.79 Å². The SMILES string of the molecule is COc1ccc([C@H]2Nc3ccccc3NC3=C2C(=O)C[C@H](c2ccccc2)C3)cc1. The van der Waals surface area contributed by atoms with Gasteiger partial charge in [0.05, 0.1) is 24.5 Å². The van der Waals surface area contributed by atoms with Gasteiger partial charge in [0.25, 0.3) is 0 Å². The predicted molar refractivity (Wildman–Crippen MR) is 120 cm³/mol. The molecule has 0 unspecified atom stereocenters. The zero-order valence-electron chi connectivity index (χ0n) is 16.9. The van der Waals surface area contributed by atoms with Crippen molar-refractivity contribution in [1.82, 2.24) is 0 Å². The average Bonchev–Trinajstić information content (AvgIpc) is 2.96. The second-order valence-electron chi connectivity index (χ2n) is 7.85. The van der Waals surface area contributed by atoms with Gasteiger partial charge in [0.1, 0.15) is 5.75 Å². The van der Waals surface area contributed by atoms with E-state index < -0.39 is 0 Å². The first-order chi connectivity index (χ1) is 14.7. The van der Waals surface area contributed by atoms with Crippen LogP contribution in [0.1, 0.15) is 35.9 Å². The first-order valence-corrected chi connectivity index (χ1v) is 10.3. The number of rotatable bonds is 3.